The number of rotatable bonds is 9. The number of hydrogen-bond donors (Lipinski definition) is 1. The van der Waals surface area contributed by atoms with Gasteiger partial charge in [0.1, 0.15) is 5.75 Å². The Labute approximate surface area is 166 Å². The molecule has 2 amide bonds. The molecule has 0 aliphatic carbocycles. The Morgan fingerprint density at radius 1 is 1.29 bits per heavy atom. The predicted molar refractivity (Wildman–Crippen MR) is 105 cm³/mol. The summed E-state index contributed by atoms with van der Waals surface area (Å²) in [4.78, 5) is 38.7. The summed E-state index contributed by atoms with van der Waals surface area (Å²) < 4.78 is 5.67. The molecule has 0 bridgehead atoms. The maximum absolute atomic E-state index is 12.4. The van der Waals surface area contributed by atoms with Gasteiger partial charge < -0.3 is 19.6 Å². The van der Waals surface area contributed by atoms with Crippen LogP contribution in [0.4, 0.5) is 0 Å². The second-order valence-electron chi connectivity index (χ2n) is 7.39. The van der Waals surface area contributed by atoms with Gasteiger partial charge in [0.2, 0.25) is 11.8 Å². The molecular weight excluding hydrogens is 360 g/mol. The van der Waals surface area contributed by atoms with E-state index in [4.69, 9.17) is 9.84 Å². The Balaban J connectivity index is 1.65. The fourth-order valence-electron chi connectivity index (χ4n) is 3.26. The fraction of sp³-hybridized carbons (Fsp3) is 0.571. The zero-order valence-corrected chi connectivity index (χ0v) is 16.7. The van der Waals surface area contributed by atoms with Crippen LogP contribution in [0.1, 0.15) is 37.7 Å². The summed E-state index contributed by atoms with van der Waals surface area (Å²) in [5.74, 6) is -0.822. The normalized spacial score (nSPS) is 16.5. The molecule has 0 saturated carbocycles. The van der Waals surface area contributed by atoms with Crippen molar-refractivity contribution in [3.8, 4) is 5.75 Å². The number of carboxylic acid groups (broad SMARTS) is 1. The summed E-state index contributed by atoms with van der Waals surface area (Å²) in [5.41, 5.74) is 1.14. The van der Waals surface area contributed by atoms with Crippen LogP contribution in [0.5, 0.6) is 5.75 Å². The first-order valence-electron chi connectivity index (χ1n) is 9.81. The third-order valence-electron chi connectivity index (χ3n) is 4.96. The number of aliphatic carboxylic acids is 1. The van der Waals surface area contributed by atoms with E-state index >= 15 is 0 Å². The number of benzene rings is 1. The maximum Gasteiger partial charge on any atom is 0.308 e. The van der Waals surface area contributed by atoms with Gasteiger partial charge in [-0.2, -0.15) is 0 Å². The molecule has 1 aromatic carbocycles. The zero-order chi connectivity index (χ0) is 20.5. The Morgan fingerprint density at radius 3 is 2.79 bits per heavy atom. The molecule has 0 radical (unpaired) electrons. The van der Waals surface area contributed by atoms with E-state index in [2.05, 4.69) is 0 Å². The molecule has 7 heteroatoms. The number of likely N-dealkylation sites (N-methyl/N-ethyl adjacent to an activating group) is 1. The predicted octanol–water partition coefficient (Wildman–Crippen LogP) is 2.33. The average Bonchev–Trinajstić information content (AvgIpc) is 2.67. The minimum absolute atomic E-state index is 0.00896. The lowest BCUT2D eigenvalue weighted by Gasteiger charge is -2.32. The van der Waals surface area contributed by atoms with E-state index in [-0.39, 0.29) is 24.9 Å². The lowest BCUT2D eigenvalue weighted by Crippen LogP contribution is -2.46. The van der Waals surface area contributed by atoms with Crippen LogP contribution >= 0.6 is 0 Å². The first-order valence-corrected chi connectivity index (χ1v) is 9.81. The number of unbranched alkanes of at least 4 members (excludes halogenated alkanes) is 1. The van der Waals surface area contributed by atoms with Gasteiger partial charge in [-0.25, -0.2) is 0 Å². The SMILES string of the molecule is Cc1cccc(OCCCCC(=O)N(C)CC(=O)N2CCCC(C(=O)O)C2)c1. The summed E-state index contributed by atoms with van der Waals surface area (Å²) in [6, 6.07) is 7.84. The van der Waals surface area contributed by atoms with Crippen LogP contribution in [0.2, 0.25) is 0 Å². The maximum atomic E-state index is 12.4. The molecular formula is C21H30N2O5. The summed E-state index contributed by atoms with van der Waals surface area (Å²) >= 11 is 0. The molecule has 1 unspecified atom stereocenters. The van der Waals surface area contributed by atoms with Crippen molar-refractivity contribution in [1.82, 2.24) is 9.80 Å². The van der Waals surface area contributed by atoms with Gasteiger partial charge in [0.25, 0.3) is 0 Å². The van der Waals surface area contributed by atoms with Gasteiger partial charge in [-0.15, -0.1) is 0 Å². The van der Waals surface area contributed by atoms with Gasteiger partial charge in [-0.1, -0.05) is 12.1 Å². The topological polar surface area (TPSA) is 87.2 Å². The van der Waals surface area contributed by atoms with Gasteiger partial charge in [0.15, 0.2) is 0 Å². The Kier molecular flexibility index (Phi) is 8.29. The van der Waals surface area contributed by atoms with E-state index in [0.29, 0.717) is 38.8 Å². The van der Waals surface area contributed by atoms with Gasteiger partial charge in [-0.05, 0) is 50.3 Å². The number of likely N-dealkylation sites (tertiary alicyclic amines) is 1. The van der Waals surface area contributed by atoms with Gasteiger partial charge in [0, 0.05) is 26.6 Å². The molecule has 1 aliphatic rings. The Hall–Kier alpha value is -2.57. The van der Waals surface area contributed by atoms with Crippen LogP contribution in [0.3, 0.4) is 0 Å². The second-order valence-corrected chi connectivity index (χ2v) is 7.39. The van der Waals surface area contributed by atoms with Crippen molar-refractivity contribution in [2.45, 2.75) is 39.0 Å². The number of aryl methyl sites for hydroxylation is 1. The first-order chi connectivity index (χ1) is 13.4. The molecule has 28 heavy (non-hydrogen) atoms. The zero-order valence-electron chi connectivity index (χ0n) is 16.7. The number of carbonyl (C=O) groups excluding carboxylic acids is 2. The summed E-state index contributed by atoms with van der Waals surface area (Å²) in [6.07, 6.45) is 3.08. The fourth-order valence-corrected chi connectivity index (χ4v) is 3.26. The van der Waals surface area contributed by atoms with Crippen LogP contribution in [0, 0.1) is 12.8 Å². The van der Waals surface area contributed by atoms with E-state index < -0.39 is 11.9 Å². The largest absolute Gasteiger partial charge is 0.494 e. The van der Waals surface area contributed by atoms with Crippen molar-refractivity contribution >= 4 is 17.8 Å². The van der Waals surface area contributed by atoms with Crippen molar-refractivity contribution in [3.05, 3.63) is 29.8 Å². The summed E-state index contributed by atoms with van der Waals surface area (Å²) in [7, 11) is 1.61. The number of carboxylic acids is 1. The summed E-state index contributed by atoms with van der Waals surface area (Å²) in [6.45, 7) is 3.33. The van der Waals surface area contributed by atoms with Crippen LogP contribution in [0.25, 0.3) is 0 Å². The van der Waals surface area contributed by atoms with Crippen molar-refractivity contribution in [2.24, 2.45) is 5.92 Å². The molecule has 1 fully saturated rings. The Morgan fingerprint density at radius 2 is 2.07 bits per heavy atom. The highest BCUT2D eigenvalue weighted by atomic mass is 16.5. The molecule has 1 heterocycles. The van der Waals surface area contributed by atoms with E-state index in [1.807, 2.05) is 31.2 Å². The molecule has 1 saturated heterocycles. The molecule has 1 atom stereocenters. The number of carbonyl (C=O) groups is 3. The third-order valence-corrected chi connectivity index (χ3v) is 4.96. The summed E-state index contributed by atoms with van der Waals surface area (Å²) in [5, 5.41) is 9.12. The minimum atomic E-state index is -0.866. The third kappa shape index (κ3) is 6.87. The number of piperidine rings is 1. The minimum Gasteiger partial charge on any atom is -0.494 e. The van der Waals surface area contributed by atoms with E-state index in [9.17, 15) is 14.4 Å². The van der Waals surface area contributed by atoms with Crippen LogP contribution in [0.15, 0.2) is 24.3 Å². The van der Waals surface area contributed by atoms with Crippen LogP contribution < -0.4 is 4.74 Å². The lowest BCUT2D eigenvalue weighted by molar-refractivity contribution is -0.147. The quantitative estimate of drug-likeness (QED) is 0.654. The number of hydrogen-bond acceptors (Lipinski definition) is 4. The molecule has 154 valence electrons. The molecule has 1 N–H and O–H groups in total. The van der Waals surface area contributed by atoms with Crippen LogP contribution in [-0.2, 0) is 14.4 Å². The Bertz CT molecular complexity index is 691. The standard InChI is InChI=1S/C21H30N2O5/c1-16-7-5-9-18(13-16)28-12-4-3-10-19(24)22(2)15-20(25)23-11-6-8-17(14-23)21(26)27/h5,7,9,13,17H,3-4,6,8,10-12,14-15H2,1-2H3,(H,26,27). The van der Waals surface area contributed by atoms with Gasteiger partial charge in [0.05, 0.1) is 19.1 Å². The average molecular weight is 390 g/mol. The van der Waals surface area contributed by atoms with Crippen molar-refractivity contribution in [1.29, 1.82) is 0 Å². The van der Waals surface area contributed by atoms with Crippen molar-refractivity contribution in [2.75, 3.05) is 33.3 Å². The van der Waals surface area contributed by atoms with Crippen molar-refractivity contribution < 1.29 is 24.2 Å². The van der Waals surface area contributed by atoms with E-state index in [1.54, 1.807) is 11.9 Å². The molecule has 0 aromatic heterocycles. The molecule has 2 rings (SSSR count). The lowest BCUT2D eigenvalue weighted by atomic mass is 9.98. The molecule has 1 aromatic rings. The smallest absolute Gasteiger partial charge is 0.308 e. The highest BCUT2D eigenvalue weighted by molar-refractivity contribution is 5.85. The van der Waals surface area contributed by atoms with E-state index in [1.165, 1.54) is 4.90 Å². The van der Waals surface area contributed by atoms with Gasteiger partial charge in [-0.3, -0.25) is 14.4 Å². The van der Waals surface area contributed by atoms with Gasteiger partial charge >= 0.3 is 5.97 Å². The highest BCUT2D eigenvalue weighted by Gasteiger charge is 2.28. The monoisotopic (exact) mass is 390 g/mol. The highest BCUT2D eigenvalue weighted by Crippen LogP contribution is 2.17. The number of amides is 2. The second kappa shape index (κ2) is 10.7. The van der Waals surface area contributed by atoms with Crippen molar-refractivity contribution in [3.63, 3.8) is 0 Å². The first kappa shape index (κ1) is 21.7. The number of nitrogens with zero attached hydrogens (tertiary/aromatic N) is 2. The number of ether oxygens (including phenoxy) is 1. The molecule has 1 aliphatic heterocycles. The van der Waals surface area contributed by atoms with Crippen LogP contribution in [-0.4, -0.2) is 66.0 Å². The molecule has 0 spiro atoms. The van der Waals surface area contributed by atoms with E-state index in [0.717, 1.165) is 17.7 Å². The molecule has 7 nitrogen and oxygen atoms in total.